The Bertz CT molecular complexity index is 699. The molecule has 1 N–H and O–H groups in total. The van der Waals surface area contributed by atoms with E-state index in [4.69, 9.17) is 9.84 Å². The van der Waals surface area contributed by atoms with Crippen LogP contribution in [-0.4, -0.2) is 60.1 Å². The van der Waals surface area contributed by atoms with Crippen LogP contribution in [0.25, 0.3) is 0 Å². The van der Waals surface area contributed by atoms with E-state index in [0.29, 0.717) is 26.1 Å². The molecule has 1 aromatic carbocycles. The summed E-state index contributed by atoms with van der Waals surface area (Å²) < 4.78 is 5.59. The molecular formula is C20H26N2O5. The van der Waals surface area contributed by atoms with Crippen LogP contribution in [0, 0.1) is 0 Å². The number of rotatable bonds is 8. The topological polar surface area (TPSA) is 87.2 Å². The third-order valence-electron chi connectivity index (χ3n) is 5.14. The standard InChI is InChI=1S/C20H26N2O5/c23-18(21(11-10-20(25)26)14-16-5-3-13-27-16)9-12-22-17-6-2-1-4-15(17)7-8-19(22)24/h1-2,4,6,16H,3,5,7-14H2,(H,25,26). The number of amides is 2. The molecule has 3 rings (SSSR count). The lowest BCUT2D eigenvalue weighted by atomic mass is 10.0. The van der Waals surface area contributed by atoms with Gasteiger partial charge in [-0.15, -0.1) is 0 Å². The average Bonchev–Trinajstić information content (AvgIpc) is 3.17. The van der Waals surface area contributed by atoms with Crippen LogP contribution in [0.4, 0.5) is 5.69 Å². The third kappa shape index (κ3) is 5.07. The Morgan fingerprint density at radius 3 is 2.78 bits per heavy atom. The number of nitrogens with zero attached hydrogens (tertiary/aromatic N) is 2. The van der Waals surface area contributed by atoms with Crippen molar-refractivity contribution in [1.82, 2.24) is 4.90 Å². The highest BCUT2D eigenvalue weighted by Crippen LogP contribution is 2.27. The van der Waals surface area contributed by atoms with Crippen LogP contribution in [0.15, 0.2) is 24.3 Å². The van der Waals surface area contributed by atoms with Crippen LogP contribution in [0.2, 0.25) is 0 Å². The summed E-state index contributed by atoms with van der Waals surface area (Å²) in [6.07, 6.45) is 3.07. The van der Waals surface area contributed by atoms with Crippen LogP contribution in [-0.2, 0) is 25.5 Å². The molecule has 2 heterocycles. The summed E-state index contributed by atoms with van der Waals surface area (Å²) in [6, 6.07) is 7.76. The van der Waals surface area contributed by atoms with Gasteiger partial charge in [0.05, 0.1) is 12.5 Å². The molecule has 2 aliphatic heterocycles. The Hall–Kier alpha value is -2.41. The van der Waals surface area contributed by atoms with E-state index in [2.05, 4.69) is 0 Å². The van der Waals surface area contributed by atoms with Gasteiger partial charge in [0.1, 0.15) is 0 Å². The SMILES string of the molecule is O=C(O)CCN(CC1CCCO1)C(=O)CCN1C(=O)CCc2ccccc21. The Labute approximate surface area is 158 Å². The number of ether oxygens (including phenoxy) is 1. The molecule has 1 unspecified atom stereocenters. The second-order valence-electron chi connectivity index (χ2n) is 7.04. The van der Waals surface area contributed by atoms with Crippen molar-refractivity contribution in [3.63, 3.8) is 0 Å². The highest BCUT2D eigenvalue weighted by atomic mass is 16.5. The highest BCUT2D eigenvalue weighted by Gasteiger charge is 2.27. The van der Waals surface area contributed by atoms with E-state index in [1.807, 2.05) is 24.3 Å². The predicted molar refractivity (Wildman–Crippen MR) is 99.5 cm³/mol. The first kappa shape index (κ1) is 19.4. The molecule has 1 fully saturated rings. The fourth-order valence-electron chi connectivity index (χ4n) is 3.69. The van der Waals surface area contributed by atoms with Crippen molar-refractivity contribution in [3.05, 3.63) is 29.8 Å². The van der Waals surface area contributed by atoms with Gasteiger partial charge in [-0.25, -0.2) is 0 Å². The Balaban J connectivity index is 1.62. The number of carboxylic acid groups (broad SMARTS) is 1. The van der Waals surface area contributed by atoms with Crippen molar-refractivity contribution < 1.29 is 24.2 Å². The van der Waals surface area contributed by atoms with E-state index in [1.165, 1.54) is 0 Å². The Morgan fingerprint density at radius 1 is 1.22 bits per heavy atom. The maximum Gasteiger partial charge on any atom is 0.305 e. The maximum absolute atomic E-state index is 12.7. The number of aliphatic carboxylic acids is 1. The number of para-hydroxylation sites is 1. The Morgan fingerprint density at radius 2 is 2.04 bits per heavy atom. The number of benzene rings is 1. The zero-order valence-corrected chi connectivity index (χ0v) is 15.4. The summed E-state index contributed by atoms with van der Waals surface area (Å²) in [6.45, 7) is 1.57. The summed E-state index contributed by atoms with van der Waals surface area (Å²) in [7, 11) is 0. The van der Waals surface area contributed by atoms with Crippen LogP contribution >= 0.6 is 0 Å². The molecule has 0 spiro atoms. The van der Waals surface area contributed by atoms with Crippen molar-refractivity contribution in [2.45, 2.75) is 44.6 Å². The summed E-state index contributed by atoms with van der Waals surface area (Å²) in [5.74, 6) is -1.04. The number of carbonyl (C=O) groups is 3. The summed E-state index contributed by atoms with van der Waals surface area (Å²) >= 11 is 0. The second-order valence-corrected chi connectivity index (χ2v) is 7.04. The molecule has 146 valence electrons. The normalized spacial score (nSPS) is 19.0. The van der Waals surface area contributed by atoms with E-state index >= 15 is 0 Å². The molecule has 2 aliphatic rings. The minimum atomic E-state index is -0.930. The largest absolute Gasteiger partial charge is 0.481 e. The van der Waals surface area contributed by atoms with Gasteiger partial charge in [0.25, 0.3) is 0 Å². The van der Waals surface area contributed by atoms with Crippen molar-refractivity contribution in [2.75, 3.05) is 31.1 Å². The van der Waals surface area contributed by atoms with Crippen molar-refractivity contribution in [2.24, 2.45) is 0 Å². The monoisotopic (exact) mass is 374 g/mol. The fourth-order valence-corrected chi connectivity index (χ4v) is 3.69. The lowest BCUT2D eigenvalue weighted by Crippen LogP contribution is -2.42. The van der Waals surface area contributed by atoms with Gasteiger partial charge >= 0.3 is 5.97 Å². The van der Waals surface area contributed by atoms with E-state index in [-0.39, 0.29) is 37.3 Å². The van der Waals surface area contributed by atoms with E-state index in [0.717, 1.165) is 30.5 Å². The van der Waals surface area contributed by atoms with Gasteiger partial charge in [-0.2, -0.15) is 0 Å². The zero-order valence-electron chi connectivity index (χ0n) is 15.4. The first-order chi connectivity index (χ1) is 13.0. The van der Waals surface area contributed by atoms with Gasteiger partial charge in [-0.05, 0) is 30.9 Å². The average molecular weight is 374 g/mol. The first-order valence-electron chi connectivity index (χ1n) is 9.54. The second kappa shape index (κ2) is 8.99. The van der Waals surface area contributed by atoms with E-state index in [9.17, 15) is 14.4 Å². The lowest BCUT2D eigenvalue weighted by Gasteiger charge is -2.30. The Kier molecular flexibility index (Phi) is 6.45. The van der Waals surface area contributed by atoms with Crippen LogP contribution in [0.5, 0.6) is 0 Å². The summed E-state index contributed by atoms with van der Waals surface area (Å²) in [5.41, 5.74) is 1.99. The zero-order chi connectivity index (χ0) is 19.2. The fraction of sp³-hybridized carbons (Fsp3) is 0.550. The third-order valence-corrected chi connectivity index (χ3v) is 5.14. The van der Waals surface area contributed by atoms with E-state index < -0.39 is 5.97 Å². The molecule has 1 atom stereocenters. The number of hydrogen-bond donors (Lipinski definition) is 1. The molecule has 0 saturated carbocycles. The smallest absolute Gasteiger partial charge is 0.305 e. The minimum absolute atomic E-state index is 0.0257. The van der Waals surface area contributed by atoms with Gasteiger partial charge < -0.3 is 19.6 Å². The van der Waals surface area contributed by atoms with E-state index in [1.54, 1.807) is 9.80 Å². The minimum Gasteiger partial charge on any atom is -0.481 e. The van der Waals surface area contributed by atoms with Gasteiger partial charge in [-0.1, -0.05) is 18.2 Å². The predicted octanol–water partition coefficient (Wildman–Crippen LogP) is 1.84. The highest BCUT2D eigenvalue weighted by molar-refractivity contribution is 5.97. The molecule has 2 amide bonds. The van der Waals surface area contributed by atoms with Crippen LogP contribution in [0.3, 0.4) is 0 Å². The van der Waals surface area contributed by atoms with Gasteiger partial charge in [0, 0.05) is 44.8 Å². The summed E-state index contributed by atoms with van der Waals surface area (Å²) in [5, 5.41) is 8.96. The molecule has 1 aromatic rings. The molecule has 0 bridgehead atoms. The molecule has 0 aromatic heterocycles. The van der Waals surface area contributed by atoms with Crippen molar-refractivity contribution in [3.8, 4) is 0 Å². The maximum atomic E-state index is 12.7. The first-order valence-corrected chi connectivity index (χ1v) is 9.54. The molecule has 1 saturated heterocycles. The van der Waals surface area contributed by atoms with Crippen molar-refractivity contribution in [1.29, 1.82) is 0 Å². The number of fused-ring (bicyclic) bond motifs is 1. The van der Waals surface area contributed by atoms with Crippen molar-refractivity contribution >= 4 is 23.5 Å². The van der Waals surface area contributed by atoms with Crippen LogP contribution < -0.4 is 4.90 Å². The number of carbonyl (C=O) groups excluding carboxylic acids is 2. The van der Waals surface area contributed by atoms with Gasteiger partial charge in [-0.3, -0.25) is 14.4 Å². The number of hydrogen-bond acceptors (Lipinski definition) is 4. The molecule has 7 nitrogen and oxygen atoms in total. The summed E-state index contributed by atoms with van der Waals surface area (Å²) in [4.78, 5) is 39.3. The van der Waals surface area contributed by atoms with Gasteiger partial charge in [0.2, 0.25) is 11.8 Å². The molecule has 27 heavy (non-hydrogen) atoms. The lowest BCUT2D eigenvalue weighted by molar-refractivity contribution is -0.139. The number of carboxylic acids is 1. The molecule has 7 heteroatoms. The number of aryl methyl sites for hydroxylation is 1. The molecular weight excluding hydrogens is 348 g/mol. The van der Waals surface area contributed by atoms with Gasteiger partial charge in [0.15, 0.2) is 0 Å². The quantitative estimate of drug-likeness (QED) is 0.750. The molecule has 0 aliphatic carbocycles. The molecule has 0 radical (unpaired) electrons. The van der Waals surface area contributed by atoms with Crippen LogP contribution in [0.1, 0.15) is 37.7 Å². The number of anilines is 1.